The van der Waals surface area contributed by atoms with Gasteiger partial charge in [-0.3, -0.25) is 10.1 Å². The van der Waals surface area contributed by atoms with E-state index in [0.717, 1.165) is 32.1 Å². The predicted octanol–water partition coefficient (Wildman–Crippen LogP) is 7.20. The molecule has 0 aliphatic heterocycles. The summed E-state index contributed by atoms with van der Waals surface area (Å²) in [5, 5.41) is 11.3. The summed E-state index contributed by atoms with van der Waals surface area (Å²) < 4.78 is 5.74. The summed E-state index contributed by atoms with van der Waals surface area (Å²) in [5.41, 5.74) is 2.51. The quantitative estimate of drug-likeness (QED) is 0.221. The Morgan fingerprint density at radius 1 is 1.03 bits per heavy atom. The maximum atomic E-state index is 12.8. The van der Waals surface area contributed by atoms with E-state index in [1.807, 2.05) is 6.08 Å². The smallest absolute Gasteiger partial charge is 0.345 e. The van der Waals surface area contributed by atoms with Gasteiger partial charge in [0.1, 0.15) is 11.7 Å². The van der Waals surface area contributed by atoms with Crippen LogP contribution in [-0.4, -0.2) is 17.0 Å². The molecular weight excluding hydrogens is 390 g/mol. The highest BCUT2D eigenvalue weighted by molar-refractivity contribution is 5.94. The fourth-order valence-electron chi connectivity index (χ4n) is 3.76. The molecule has 5 nitrogen and oxygen atoms in total. The molecule has 0 fully saturated rings. The Morgan fingerprint density at radius 3 is 2.42 bits per heavy atom. The van der Waals surface area contributed by atoms with Gasteiger partial charge in [0.25, 0.3) is 5.69 Å². The Labute approximate surface area is 186 Å². The number of nitrogens with zero attached hydrogens (tertiary/aromatic N) is 1. The van der Waals surface area contributed by atoms with Crippen molar-refractivity contribution in [3.05, 3.63) is 75.4 Å². The zero-order valence-electron chi connectivity index (χ0n) is 19.2. The zero-order valence-corrected chi connectivity index (χ0v) is 19.2. The first-order chi connectivity index (χ1) is 14.8. The van der Waals surface area contributed by atoms with Crippen molar-refractivity contribution in [2.45, 2.75) is 72.3 Å². The van der Waals surface area contributed by atoms with E-state index in [4.69, 9.17) is 4.74 Å². The minimum Gasteiger partial charge on any atom is -0.454 e. The van der Waals surface area contributed by atoms with Crippen LogP contribution in [0.3, 0.4) is 0 Å². The number of nitro benzene ring substituents is 1. The first kappa shape index (κ1) is 24.6. The lowest BCUT2D eigenvalue weighted by Gasteiger charge is -2.20. The lowest BCUT2D eigenvalue weighted by molar-refractivity contribution is -0.385. The van der Waals surface area contributed by atoms with Crippen molar-refractivity contribution in [1.29, 1.82) is 0 Å². The number of para-hydroxylation sites is 1. The second-order valence-corrected chi connectivity index (χ2v) is 8.77. The molecule has 2 rings (SSSR count). The summed E-state index contributed by atoms with van der Waals surface area (Å²) >= 11 is 0. The standard InChI is InChI=1S/C26H35NO4/c1-19(2)22-16-15-21(4)10-7-9-20(3)11-8-12-23(18-17-22)31-26(28)24-13-5-6-14-25(24)27(29)30/h5-6,10-11,13-14,17-19,22-23H,7-9,12,15-16H2,1-4H3/b18-17-,20-11+,21-10+/t22-,23+/m1/s1. The van der Waals surface area contributed by atoms with Gasteiger partial charge in [-0.05, 0) is 76.4 Å². The highest BCUT2D eigenvalue weighted by Crippen LogP contribution is 2.25. The molecular formula is C26H35NO4. The van der Waals surface area contributed by atoms with Crippen molar-refractivity contribution in [2.75, 3.05) is 0 Å². The van der Waals surface area contributed by atoms with Gasteiger partial charge in [-0.15, -0.1) is 0 Å². The van der Waals surface area contributed by atoms with Crippen molar-refractivity contribution < 1.29 is 14.5 Å². The lowest BCUT2D eigenvalue weighted by atomic mass is 9.88. The van der Waals surface area contributed by atoms with Crippen LogP contribution in [0.4, 0.5) is 5.69 Å². The highest BCUT2D eigenvalue weighted by Gasteiger charge is 2.23. The van der Waals surface area contributed by atoms with Gasteiger partial charge in [-0.1, -0.05) is 55.4 Å². The van der Waals surface area contributed by atoms with E-state index in [1.165, 1.54) is 23.3 Å². The largest absolute Gasteiger partial charge is 0.454 e. The maximum Gasteiger partial charge on any atom is 0.345 e. The molecule has 0 spiro atoms. The number of carbonyl (C=O) groups is 1. The van der Waals surface area contributed by atoms with Gasteiger partial charge in [-0.25, -0.2) is 4.79 Å². The number of ether oxygens (including phenoxy) is 1. The van der Waals surface area contributed by atoms with Gasteiger partial charge >= 0.3 is 5.97 Å². The molecule has 0 aromatic heterocycles. The van der Waals surface area contributed by atoms with Crippen molar-refractivity contribution >= 4 is 11.7 Å². The third kappa shape index (κ3) is 8.16. The van der Waals surface area contributed by atoms with Crippen LogP contribution in [-0.2, 0) is 4.74 Å². The topological polar surface area (TPSA) is 69.4 Å². The Hall–Kier alpha value is -2.69. The van der Waals surface area contributed by atoms with E-state index in [-0.39, 0.29) is 11.3 Å². The Morgan fingerprint density at radius 2 is 1.71 bits per heavy atom. The molecule has 0 bridgehead atoms. The molecule has 168 valence electrons. The molecule has 0 unspecified atom stereocenters. The van der Waals surface area contributed by atoms with Gasteiger partial charge in [0.15, 0.2) is 0 Å². The van der Waals surface area contributed by atoms with E-state index in [0.29, 0.717) is 18.3 Å². The Balaban J connectivity index is 2.24. The number of allylic oxidation sites excluding steroid dienone is 5. The second-order valence-electron chi connectivity index (χ2n) is 8.77. The zero-order chi connectivity index (χ0) is 22.8. The van der Waals surface area contributed by atoms with E-state index in [2.05, 4.69) is 45.9 Å². The second kappa shape index (κ2) is 12.2. The molecule has 31 heavy (non-hydrogen) atoms. The van der Waals surface area contributed by atoms with Gasteiger partial charge in [0, 0.05) is 6.07 Å². The van der Waals surface area contributed by atoms with Crippen molar-refractivity contribution in [2.24, 2.45) is 11.8 Å². The molecule has 1 aliphatic rings. The van der Waals surface area contributed by atoms with Crippen LogP contribution < -0.4 is 0 Å². The summed E-state index contributed by atoms with van der Waals surface area (Å²) in [7, 11) is 0. The van der Waals surface area contributed by atoms with Crippen LogP contribution in [0.2, 0.25) is 0 Å². The molecule has 1 aliphatic carbocycles. The van der Waals surface area contributed by atoms with Crippen LogP contribution >= 0.6 is 0 Å². The minimum absolute atomic E-state index is 0.00630. The number of hydrogen-bond donors (Lipinski definition) is 0. The molecule has 5 heteroatoms. The number of benzene rings is 1. The van der Waals surface area contributed by atoms with Crippen molar-refractivity contribution in [1.82, 2.24) is 0 Å². The number of nitro groups is 1. The predicted molar refractivity (Wildman–Crippen MR) is 125 cm³/mol. The average molecular weight is 426 g/mol. The van der Waals surface area contributed by atoms with Gasteiger partial charge in [0.2, 0.25) is 0 Å². The average Bonchev–Trinajstić information content (AvgIpc) is 2.72. The first-order valence-electron chi connectivity index (χ1n) is 11.2. The number of hydrogen-bond acceptors (Lipinski definition) is 4. The van der Waals surface area contributed by atoms with Crippen molar-refractivity contribution in [3.63, 3.8) is 0 Å². The summed E-state index contributed by atoms with van der Waals surface area (Å²) in [6, 6.07) is 5.94. The molecule has 1 aromatic carbocycles. The molecule has 0 saturated heterocycles. The van der Waals surface area contributed by atoms with E-state index < -0.39 is 17.0 Å². The van der Waals surface area contributed by atoms with Gasteiger partial charge in [-0.2, -0.15) is 0 Å². The Bertz CT molecular complexity index is 851. The molecule has 0 saturated carbocycles. The van der Waals surface area contributed by atoms with Crippen molar-refractivity contribution in [3.8, 4) is 0 Å². The third-order valence-electron chi connectivity index (χ3n) is 5.86. The molecule has 1 aromatic rings. The molecule has 2 atom stereocenters. The monoisotopic (exact) mass is 425 g/mol. The van der Waals surface area contributed by atoms with Crippen LogP contribution in [0.15, 0.2) is 59.7 Å². The highest BCUT2D eigenvalue weighted by atomic mass is 16.6. The minimum atomic E-state index is -0.649. The fourth-order valence-corrected chi connectivity index (χ4v) is 3.76. The summed E-state index contributed by atoms with van der Waals surface area (Å²) in [4.78, 5) is 23.5. The Kier molecular flexibility index (Phi) is 9.70. The van der Waals surface area contributed by atoms with Crippen LogP contribution in [0.5, 0.6) is 0 Å². The molecule has 0 heterocycles. The molecule has 0 amide bonds. The number of carbonyl (C=O) groups excluding carboxylic acids is 1. The fraction of sp³-hybridized carbons (Fsp3) is 0.500. The van der Waals surface area contributed by atoms with Crippen LogP contribution in [0, 0.1) is 22.0 Å². The van der Waals surface area contributed by atoms with Gasteiger partial charge < -0.3 is 4.74 Å². The lowest BCUT2D eigenvalue weighted by Crippen LogP contribution is -2.18. The number of esters is 1. The molecule has 0 N–H and O–H groups in total. The number of rotatable bonds is 4. The van der Waals surface area contributed by atoms with Crippen LogP contribution in [0.1, 0.15) is 76.6 Å². The summed E-state index contributed by atoms with van der Waals surface area (Å²) in [5.74, 6) is 0.213. The van der Waals surface area contributed by atoms with E-state index in [1.54, 1.807) is 12.1 Å². The summed E-state index contributed by atoms with van der Waals surface area (Å²) in [6.07, 6.45) is 13.9. The van der Waals surface area contributed by atoms with E-state index in [9.17, 15) is 14.9 Å². The van der Waals surface area contributed by atoms with Gasteiger partial charge in [0.05, 0.1) is 4.92 Å². The SMILES string of the molecule is C/C1=C\CC[C@H](OC(=O)c2ccccc2[N+](=O)[O-])/C=C\[C@H](C(C)C)CC/C(C)=C/CC1. The van der Waals surface area contributed by atoms with Crippen LogP contribution in [0.25, 0.3) is 0 Å². The molecule has 0 radical (unpaired) electrons. The third-order valence-corrected chi connectivity index (χ3v) is 5.86. The summed E-state index contributed by atoms with van der Waals surface area (Å²) in [6.45, 7) is 8.74. The van der Waals surface area contributed by atoms with E-state index >= 15 is 0 Å². The first-order valence-corrected chi connectivity index (χ1v) is 11.2. The normalized spacial score (nSPS) is 25.5. The maximum absolute atomic E-state index is 12.8.